The minimum absolute atomic E-state index is 0. The predicted octanol–water partition coefficient (Wildman–Crippen LogP) is 1.83. The van der Waals surface area contributed by atoms with Crippen molar-refractivity contribution in [2.75, 3.05) is 23.7 Å². The van der Waals surface area contributed by atoms with E-state index in [1.54, 1.807) is 12.3 Å². The number of alkyl halides is 1. The van der Waals surface area contributed by atoms with Crippen LogP contribution in [0.2, 0.25) is 0 Å². The zero-order valence-corrected chi connectivity index (χ0v) is 13.6. The summed E-state index contributed by atoms with van der Waals surface area (Å²) in [6.45, 7) is 5.10. The Morgan fingerprint density at radius 1 is 1.50 bits per heavy atom. The summed E-state index contributed by atoms with van der Waals surface area (Å²) in [5.74, 6) is 2.17. The Kier molecular flexibility index (Phi) is 5.51. The summed E-state index contributed by atoms with van der Waals surface area (Å²) < 4.78 is 14.0. The fourth-order valence-corrected chi connectivity index (χ4v) is 2.25. The van der Waals surface area contributed by atoms with E-state index in [9.17, 15) is 4.39 Å². The van der Waals surface area contributed by atoms with E-state index in [0.29, 0.717) is 18.3 Å². The van der Waals surface area contributed by atoms with Crippen molar-refractivity contribution >= 4 is 11.8 Å². The van der Waals surface area contributed by atoms with E-state index in [-0.39, 0.29) is 27.0 Å². The fourth-order valence-electron chi connectivity index (χ4n) is 2.25. The molecule has 2 heterocycles. The van der Waals surface area contributed by atoms with Crippen molar-refractivity contribution in [3.8, 4) is 0 Å². The number of nitrogens with two attached hydrogens (primary N) is 1. The molecule has 1 aromatic rings. The molecule has 1 aliphatic heterocycles. The zero-order valence-electron chi connectivity index (χ0n) is 10.6. The summed E-state index contributed by atoms with van der Waals surface area (Å²) in [4.78, 5) is 10.1. The molecule has 4 nitrogen and oxygen atoms in total. The summed E-state index contributed by atoms with van der Waals surface area (Å²) in [6, 6.07) is 1.63. The van der Waals surface area contributed by atoms with Crippen LogP contribution < -0.4 is 10.6 Å². The maximum absolute atomic E-state index is 14.0. The molecule has 0 spiro atoms. The van der Waals surface area contributed by atoms with Crippen molar-refractivity contribution in [1.82, 2.24) is 9.97 Å². The molecule has 2 atom stereocenters. The maximum Gasteiger partial charge on any atom is 0.227 e. The Balaban J connectivity index is 0.00000162. The monoisotopic (exact) mass is 421 g/mol. The second-order valence-electron chi connectivity index (χ2n) is 4.72. The topological polar surface area (TPSA) is 55.0 Å². The predicted molar refractivity (Wildman–Crippen MR) is 66.3 cm³/mol. The molecule has 6 heteroatoms. The summed E-state index contributed by atoms with van der Waals surface area (Å²) in [6.07, 6.45) is 1.56. The molecule has 2 N–H and O–H groups in total. The van der Waals surface area contributed by atoms with Gasteiger partial charge < -0.3 is 16.6 Å². The van der Waals surface area contributed by atoms with Crippen LogP contribution in [-0.2, 0) is 21.1 Å². The molecule has 1 fully saturated rings. The van der Waals surface area contributed by atoms with Gasteiger partial charge in [-0.25, -0.2) is 9.37 Å². The smallest absolute Gasteiger partial charge is 0.227 e. The van der Waals surface area contributed by atoms with E-state index in [4.69, 9.17) is 5.73 Å². The van der Waals surface area contributed by atoms with Crippen LogP contribution >= 0.6 is 0 Å². The summed E-state index contributed by atoms with van der Waals surface area (Å²) >= 11 is 0. The van der Waals surface area contributed by atoms with Gasteiger partial charge in [0.05, 0.1) is 6.17 Å². The number of nitrogens with zero attached hydrogens (tertiary/aromatic N) is 3. The SMILES string of the molecule is C[C-](C)C1CCN(c2nccc(N)n2)CC1F.[W]. The third-order valence-corrected chi connectivity index (χ3v) is 3.23. The number of nitrogen functional groups attached to an aromatic ring is 1. The van der Waals surface area contributed by atoms with Crippen LogP contribution in [0.15, 0.2) is 12.3 Å². The number of anilines is 2. The number of hydrogen-bond donors (Lipinski definition) is 1. The molecule has 100 valence electrons. The maximum atomic E-state index is 14.0. The third kappa shape index (κ3) is 3.41. The molecule has 1 saturated heterocycles. The van der Waals surface area contributed by atoms with Crippen LogP contribution in [0.4, 0.5) is 16.2 Å². The standard InChI is InChI=1S/C12H18FN4.W/c1-8(2)9-4-6-17(7-10(9)13)12-15-5-3-11(14)16-12;/h3,5,9-10H,4,6-7H2,1-2H3,(H2,14,15,16);/q-1;. The quantitative estimate of drug-likeness (QED) is 0.741. The Labute approximate surface area is 121 Å². The average molecular weight is 421 g/mol. The van der Waals surface area contributed by atoms with E-state index in [1.165, 1.54) is 0 Å². The Bertz CT molecular complexity index is 388. The van der Waals surface area contributed by atoms with Gasteiger partial charge in [-0.1, -0.05) is 6.42 Å². The molecule has 0 saturated carbocycles. The number of halogens is 1. The van der Waals surface area contributed by atoms with E-state index in [0.717, 1.165) is 18.9 Å². The van der Waals surface area contributed by atoms with Crippen LogP contribution in [0.5, 0.6) is 0 Å². The van der Waals surface area contributed by atoms with Crippen LogP contribution in [0, 0.1) is 11.8 Å². The van der Waals surface area contributed by atoms with Crippen molar-refractivity contribution in [2.24, 2.45) is 5.92 Å². The largest absolute Gasteiger partial charge is 0.384 e. The molecule has 2 rings (SSSR count). The molecule has 0 amide bonds. The van der Waals surface area contributed by atoms with Gasteiger partial charge in [0.1, 0.15) is 5.82 Å². The van der Waals surface area contributed by atoms with Crippen LogP contribution in [0.1, 0.15) is 20.3 Å². The van der Waals surface area contributed by atoms with Gasteiger partial charge in [-0.2, -0.15) is 18.8 Å². The van der Waals surface area contributed by atoms with Crippen LogP contribution in [0.25, 0.3) is 0 Å². The van der Waals surface area contributed by atoms with Gasteiger partial charge >= 0.3 is 0 Å². The van der Waals surface area contributed by atoms with Crippen molar-refractivity contribution in [3.63, 3.8) is 0 Å². The van der Waals surface area contributed by atoms with Crippen molar-refractivity contribution in [3.05, 3.63) is 18.2 Å². The van der Waals surface area contributed by atoms with Gasteiger partial charge in [-0.05, 0) is 6.07 Å². The normalized spacial score (nSPS) is 23.9. The Morgan fingerprint density at radius 2 is 2.22 bits per heavy atom. The van der Waals surface area contributed by atoms with Crippen molar-refractivity contribution in [2.45, 2.75) is 26.4 Å². The molecule has 0 radical (unpaired) electrons. The molecule has 0 bridgehead atoms. The van der Waals surface area contributed by atoms with E-state index in [1.807, 2.05) is 18.7 Å². The molecule has 2 unspecified atom stereocenters. The molecule has 1 aromatic heterocycles. The molecule has 18 heavy (non-hydrogen) atoms. The summed E-state index contributed by atoms with van der Waals surface area (Å²) in [5, 5.41) is 0. The minimum Gasteiger partial charge on any atom is -0.384 e. The molecular formula is C12H18FN4W-. The number of aromatic nitrogens is 2. The second-order valence-corrected chi connectivity index (χ2v) is 4.72. The number of hydrogen-bond acceptors (Lipinski definition) is 4. The van der Waals surface area contributed by atoms with Gasteiger partial charge in [0.2, 0.25) is 5.95 Å². The van der Waals surface area contributed by atoms with Gasteiger partial charge in [0.25, 0.3) is 0 Å². The van der Waals surface area contributed by atoms with Crippen molar-refractivity contribution in [1.29, 1.82) is 0 Å². The molecular weight excluding hydrogens is 403 g/mol. The first-order valence-electron chi connectivity index (χ1n) is 5.85. The van der Waals surface area contributed by atoms with Crippen LogP contribution in [0.3, 0.4) is 0 Å². The van der Waals surface area contributed by atoms with Crippen molar-refractivity contribution < 1.29 is 25.5 Å². The van der Waals surface area contributed by atoms with Gasteiger partial charge in [0.15, 0.2) is 0 Å². The molecule has 1 aliphatic rings. The van der Waals surface area contributed by atoms with Gasteiger partial charge in [-0.3, -0.25) is 0 Å². The van der Waals surface area contributed by atoms with E-state index in [2.05, 4.69) is 9.97 Å². The number of rotatable bonds is 2. The Morgan fingerprint density at radius 3 is 2.78 bits per heavy atom. The fraction of sp³-hybridized carbons (Fsp3) is 0.583. The molecule has 0 aliphatic carbocycles. The Hall–Kier alpha value is -0.702. The first kappa shape index (κ1) is 15.4. The zero-order chi connectivity index (χ0) is 12.4. The minimum atomic E-state index is -0.848. The van der Waals surface area contributed by atoms with Crippen LogP contribution in [-0.4, -0.2) is 29.2 Å². The summed E-state index contributed by atoms with van der Waals surface area (Å²) in [5.41, 5.74) is 5.60. The number of piperidine rings is 1. The summed E-state index contributed by atoms with van der Waals surface area (Å²) in [7, 11) is 0. The van der Waals surface area contributed by atoms with E-state index < -0.39 is 6.17 Å². The third-order valence-electron chi connectivity index (χ3n) is 3.23. The molecule has 0 aromatic carbocycles. The first-order valence-corrected chi connectivity index (χ1v) is 5.85. The second kappa shape index (κ2) is 6.46. The van der Waals surface area contributed by atoms with E-state index >= 15 is 0 Å². The average Bonchev–Trinajstić information content (AvgIpc) is 2.28. The van der Waals surface area contributed by atoms with Gasteiger partial charge in [-0.15, -0.1) is 5.92 Å². The van der Waals surface area contributed by atoms with Gasteiger partial charge in [0, 0.05) is 40.4 Å². The first-order chi connectivity index (χ1) is 8.08.